The molecule has 21 heavy (non-hydrogen) atoms. The Morgan fingerprint density at radius 3 is 2.62 bits per heavy atom. The van der Waals surface area contributed by atoms with Crippen LogP contribution in [0.4, 0.5) is 8.78 Å². The van der Waals surface area contributed by atoms with Gasteiger partial charge in [0.05, 0.1) is 10.6 Å². The zero-order valence-electron chi connectivity index (χ0n) is 10.3. The number of benzene rings is 2. The summed E-state index contributed by atoms with van der Waals surface area (Å²) in [6.45, 7) is 0. The van der Waals surface area contributed by atoms with Gasteiger partial charge in [-0.2, -0.15) is 4.98 Å². The lowest BCUT2D eigenvalue weighted by molar-refractivity contribution is 0.431. The Morgan fingerprint density at radius 1 is 1.05 bits per heavy atom. The van der Waals surface area contributed by atoms with Gasteiger partial charge in [-0.1, -0.05) is 16.8 Å². The molecule has 0 aliphatic heterocycles. The van der Waals surface area contributed by atoms with Gasteiger partial charge in [0.15, 0.2) is 11.6 Å². The van der Waals surface area contributed by atoms with Crippen LogP contribution in [0.5, 0.6) is 5.75 Å². The van der Waals surface area contributed by atoms with Crippen LogP contribution in [0, 0.1) is 11.6 Å². The summed E-state index contributed by atoms with van der Waals surface area (Å²) >= 11 is 5.98. The van der Waals surface area contributed by atoms with Crippen LogP contribution in [-0.4, -0.2) is 15.2 Å². The molecule has 1 aromatic heterocycles. The van der Waals surface area contributed by atoms with Gasteiger partial charge in [0.2, 0.25) is 5.82 Å². The highest BCUT2D eigenvalue weighted by atomic mass is 35.5. The Bertz CT molecular complexity index is 820. The van der Waals surface area contributed by atoms with E-state index in [1.807, 2.05) is 0 Å². The molecule has 0 aliphatic carbocycles. The third kappa shape index (κ3) is 2.57. The molecule has 1 heterocycles. The number of aromatic hydroxyl groups is 1. The molecular weight excluding hydrogens is 302 g/mol. The molecule has 0 atom stereocenters. The van der Waals surface area contributed by atoms with Crippen molar-refractivity contribution in [2.45, 2.75) is 0 Å². The molecule has 2 aromatic carbocycles. The second-order valence-electron chi connectivity index (χ2n) is 4.22. The first-order valence-corrected chi connectivity index (χ1v) is 6.20. The molecular formula is C14H7ClF2N2O2. The minimum Gasteiger partial charge on any atom is -0.508 e. The van der Waals surface area contributed by atoms with E-state index in [2.05, 4.69) is 10.1 Å². The van der Waals surface area contributed by atoms with Crippen LogP contribution in [0.2, 0.25) is 5.02 Å². The van der Waals surface area contributed by atoms with Crippen molar-refractivity contribution in [3.63, 3.8) is 0 Å². The van der Waals surface area contributed by atoms with Gasteiger partial charge in [-0.05, 0) is 36.4 Å². The van der Waals surface area contributed by atoms with E-state index in [0.717, 1.165) is 12.1 Å². The van der Waals surface area contributed by atoms with E-state index in [1.165, 1.54) is 24.3 Å². The molecule has 3 rings (SSSR count). The third-order valence-electron chi connectivity index (χ3n) is 2.78. The highest BCUT2D eigenvalue weighted by Gasteiger charge is 2.15. The maximum atomic E-state index is 13.2. The van der Waals surface area contributed by atoms with Gasteiger partial charge in [0.1, 0.15) is 5.75 Å². The number of halogens is 3. The normalized spacial score (nSPS) is 10.8. The van der Waals surface area contributed by atoms with Gasteiger partial charge < -0.3 is 9.63 Å². The molecule has 7 heteroatoms. The van der Waals surface area contributed by atoms with Crippen molar-refractivity contribution in [2.75, 3.05) is 0 Å². The number of hydrogen-bond acceptors (Lipinski definition) is 4. The van der Waals surface area contributed by atoms with Crippen molar-refractivity contribution in [3.8, 4) is 28.6 Å². The molecule has 4 nitrogen and oxygen atoms in total. The maximum Gasteiger partial charge on any atom is 0.259 e. The molecule has 0 fully saturated rings. The average Bonchev–Trinajstić information content (AvgIpc) is 2.94. The summed E-state index contributed by atoms with van der Waals surface area (Å²) in [6.07, 6.45) is 0. The molecule has 0 aliphatic rings. The molecule has 0 saturated heterocycles. The monoisotopic (exact) mass is 308 g/mol. The Hall–Kier alpha value is -2.47. The van der Waals surface area contributed by atoms with Crippen LogP contribution < -0.4 is 0 Å². The predicted molar refractivity (Wildman–Crippen MR) is 71.8 cm³/mol. The second kappa shape index (κ2) is 5.14. The molecule has 3 aromatic rings. The molecule has 1 N–H and O–H groups in total. The van der Waals surface area contributed by atoms with Crippen LogP contribution in [0.25, 0.3) is 22.8 Å². The number of phenols is 1. The van der Waals surface area contributed by atoms with E-state index >= 15 is 0 Å². The van der Waals surface area contributed by atoms with Crippen LogP contribution in [-0.2, 0) is 0 Å². The van der Waals surface area contributed by atoms with Gasteiger partial charge in [0.25, 0.3) is 5.89 Å². The topological polar surface area (TPSA) is 59.2 Å². The Labute approximate surface area is 122 Å². The summed E-state index contributed by atoms with van der Waals surface area (Å²) in [5, 5.41) is 13.5. The molecule has 0 radical (unpaired) electrons. The zero-order chi connectivity index (χ0) is 15.0. The Kier molecular flexibility index (Phi) is 3.31. The van der Waals surface area contributed by atoms with Gasteiger partial charge >= 0.3 is 0 Å². The predicted octanol–water partition coefficient (Wildman–Crippen LogP) is 4.04. The summed E-state index contributed by atoms with van der Waals surface area (Å²) in [5.74, 6) is -1.83. The van der Waals surface area contributed by atoms with Crippen molar-refractivity contribution in [1.29, 1.82) is 0 Å². The summed E-state index contributed by atoms with van der Waals surface area (Å²) in [5.41, 5.74) is 0.609. The van der Waals surface area contributed by atoms with E-state index < -0.39 is 11.6 Å². The molecule has 0 bridgehead atoms. The lowest BCUT2D eigenvalue weighted by atomic mass is 10.2. The number of nitrogens with zero attached hydrogens (tertiary/aromatic N) is 2. The van der Waals surface area contributed by atoms with Crippen LogP contribution in [0.1, 0.15) is 0 Å². The Balaban J connectivity index is 2.03. The summed E-state index contributed by atoms with van der Waals surface area (Å²) in [6, 6.07) is 7.53. The van der Waals surface area contributed by atoms with Crippen LogP contribution in [0.3, 0.4) is 0 Å². The average molecular weight is 309 g/mol. The highest BCUT2D eigenvalue weighted by Crippen LogP contribution is 2.31. The molecule has 0 amide bonds. The first-order valence-electron chi connectivity index (χ1n) is 5.82. The van der Waals surface area contributed by atoms with E-state index in [4.69, 9.17) is 16.1 Å². The van der Waals surface area contributed by atoms with Crippen molar-refractivity contribution in [2.24, 2.45) is 0 Å². The zero-order valence-corrected chi connectivity index (χ0v) is 11.1. The lowest BCUT2D eigenvalue weighted by Crippen LogP contribution is -1.87. The van der Waals surface area contributed by atoms with Crippen LogP contribution >= 0.6 is 11.6 Å². The van der Waals surface area contributed by atoms with Crippen molar-refractivity contribution in [1.82, 2.24) is 10.1 Å². The van der Waals surface area contributed by atoms with Gasteiger partial charge in [-0.3, -0.25) is 0 Å². The fourth-order valence-electron chi connectivity index (χ4n) is 1.76. The first kappa shape index (κ1) is 13.5. The molecule has 106 valence electrons. The van der Waals surface area contributed by atoms with Gasteiger partial charge in [0, 0.05) is 5.56 Å². The van der Waals surface area contributed by atoms with E-state index in [1.54, 1.807) is 0 Å². The van der Waals surface area contributed by atoms with Crippen molar-refractivity contribution in [3.05, 3.63) is 53.1 Å². The maximum absolute atomic E-state index is 13.2. The number of rotatable bonds is 2. The molecule has 0 spiro atoms. The molecule has 0 saturated carbocycles. The number of aromatic nitrogens is 2. The van der Waals surface area contributed by atoms with Crippen LogP contribution in [0.15, 0.2) is 40.9 Å². The molecule has 0 unspecified atom stereocenters. The van der Waals surface area contributed by atoms with Crippen molar-refractivity contribution >= 4 is 11.6 Å². The van der Waals surface area contributed by atoms with E-state index in [9.17, 15) is 13.9 Å². The highest BCUT2D eigenvalue weighted by molar-refractivity contribution is 6.33. The van der Waals surface area contributed by atoms with Crippen molar-refractivity contribution < 1.29 is 18.4 Å². The van der Waals surface area contributed by atoms with E-state index in [-0.39, 0.29) is 23.0 Å². The summed E-state index contributed by atoms with van der Waals surface area (Å²) in [7, 11) is 0. The summed E-state index contributed by atoms with van der Waals surface area (Å²) in [4.78, 5) is 4.06. The lowest BCUT2D eigenvalue weighted by Gasteiger charge is -1.99. The number of phenolic OH excluding ortho intramolecular Hbond substituents is 1. The smallest absolute Gasteiger partial charge is 0.259 e. The summed E-state index contributed by atoms with van der Waals surface area (Å²) < 4.78 is 31.1. The second-order valence-corrected chi connectivity index (χ2v) is 4.62. The number of hydrogen-bond donors (Lipinski definition) is 1. The van der Waals surface area contributed by atoms with E-state index in [0.29, 0.717) is 10.6 Å². The fraction of sp³-hybridized carbons (Fsp3) is 0. The SMILES string of the molecule is Oc1ccc(Cl)c(-c2nc(-c3ccc(F)c(F)c3)no2)c1. The fourth-order valence-corrected chi connectivity index (χ4v) is 1.96. The largest absolute Gasteiger partial charge is 0.508 e. The minimum absolute atomic E-state index is 0.0121. The standard InChI is InChI=1S/C14H7ClF2N2O2/c15-10-3-2-8(20)6-9(10)14-18-13(19-21-14)7-1-4-11(16)12(17)5-7/h1-6,20H. The first-order chi connectivity index (χ1) is 10.0. The van der Waals surface area contributed by atoms with Gasteiger partial charge in [-0.15, -0.1) is 0 Å². The minimum atomic E-state index is -1.01. The quantitative estimate of drug-likeness (QED) is 0.776. The third-order valence-corrected chi connectivity index (χ3v) is 3.11. The Morgan fingerprint density at radius 2 is 1.86 bits per heavy atom. The van der Waals surface area contributed by atoms with Gasteiger partial charge in [-0.25, -0.2) is 8.78 Å².